The van der Waals surface area contributed by atoms with E-state index in [1.807, 2.05) is 50.2 Å². The summed E-state index contributed by atoms with van der Waals surface area (Å²) in [6.45, 7) is 4.00. The van der Waals surface area contributed by atoms with Crippen LogP contribution >= 0.6 is 0 Å². The van der Waals surface area contributed by atoms with E-state index in [0.717, 1.165) is 34.2 Å². The fourth-order valence-corrected chi connectivity index (χ4v) is 2.36. The van der Waals surface area contributed by atoms with Gasteiger partial charge < -0.3 is 14.5 Å². The van der Waals surface area contributed by atoms with Gasteiger partial charge in [-0.1, -0.05) is 24.3 Å². The Hall–Kier alpha value is -2.62. The fraction of sp³-hybridized carbons (Fsp3) is 0.176. The van der Waals surface area contributed by atoms with E-state index < -0.39 is 0 Å². The number of carbonyl (C=O) groups excluding carboxylic acids is 1. The zero-order valence-corrected chi connectivity index (χ0v) is 12.0. The number of aromatic nitrogens is 1. The fourth-order valence-electron chi connectivity index (χ4n) is 2.36. The highest BCUT2D eigenvalue weighted by molar-refractivity contribution is 5.80. The molecule has 0 saturated carbocycles. The number of rotatable bonds is 4. The van der Waals surface area contributed by atoms with Gasteiger partial charge in [0.25, 0.3) is 6.01 Å². The average Bonchev–Trinajstić information content (AvgIpc) is 2.85. The van der Waals surface area contributed by atoms with E-state index in [1.165, 1.54) is 0 Å². The second kappa shape index (κ2) is 5.40. The topological polar surface area (TPSA) is 55.1 Å². The minimum atomic E-state index is 0.387. The number of hydrogen-bond acceptors (Lipinski definition) is 4. The Balaban J connectivity index is 1.99. The molecule has 0 atom stereocenters. The van der Waals surface area contributed by atoms with E-state index in [9.17, 15) is 4.79 Å². The quantitative estimate of drug-likeness (QED) is 0.736. The molecule has 0 unspecified atom stereocenters. The maximum Gasteiger partial charge on any atom is 0.300 e. The molecular formula is C17H16N2O2. The van der Waals surface area contributed by atoms with Gasteiger partial charge in [-0.3, -0.25) is 0 Å². The summed E-state index contributed by atoms with van der Waals surface area (Å²) in [6, 6.07) is 12.3. The van der Waals surface area contributed by atoms with Crippen molar-refractivity contribution in [1.82, 2.24) is 4.98 Å². The second-order valence-electron chi connectivity index (χ2n) is 5.09. The summed E-state index contributed by atoms with van der Waals surface area (Å²) in [6.07, 6.45) is 1.28. The lowest BCUT2D eigenvalue weighted by atomic mass is 10.1. The van der Waals surface area contributed by atoms with Crippen LogP contribution in [0.3, 0.4) is 0 Å². The SMILES string of the molecule is Cc1ccccc1Nc1nc2c(C)cc(CC=O)cc2o1. The van der Waals surface area contributed by atoms with Gasteiger partial charge in [0.05, 0.1) is 0 Å². The van der Waals surface area contributed by atoms with Crippen LogP contribution < -0.4 is 5.32 Å². The largest absolute Gasteiger partial charge is 0.423 e. The molecule has 0 spiro atoms. The first-order valence-electron chi connectivity index (χ1n) is 6.84. The molecule has 0 saturated heterocycles. The Morgan fingerprint density at radius 2 is 2.00 bits per heavy atom. The third-order valence-electron chi connectivity index (χ3n) is 3.45. The number of aryl methyl sites for hydroxylation is 2. The molecule has 0 fully saturated rings. The Labute approximate surface area is 122 Å². The van der Waals surface area contributed by atoms with E-state index in [-0.39, 0.29) is 0 Å². The standard InChI is InChI=1S/C17H16N2O2/c1-11-5-3-4-6-14(11)18-17-19-16-12(2)9-13(7-8-20)10-15(16)21-17/h3-6,8-10H,7H2,1-2H3,(H,18,19). The maximum atomic E-state index is 10.6. The number of para-hydroxylation sites is 1. The molecule has 0 radical (unpaired) electrons. The van der Waals surface area contributed by atoms with Gasteiger partial charge in [-0.2, -0.15) is 4.98 Å². The van der Waals surface area contributed by atoms with Crippen molar-refractivity contribution in [3.8, 4) is 0 Å². The highest BCUT2D eigenvalue weighted by Gasteiger charge is 2.10. The third-order valence-corrected chi connectivity index (χ3v) is 3.45. The first-order chi connectivity index (χ1) is 10.2. The summed E-state index contributed by atoms with van der Waals surface area (Å²) in [5, 5.41) is 3.19. The Morgan fingerprint density at radius 3 is 2.76 bits per heavy atom. The predicted molar refractivity (Wildman–Crippen MR) is 83.0 cm³/mol. The van der Waals surface area contributed by atoms with Crippen LogP contribution in [-0.2, 0) is 11.2 Å². The zero-order chi connectivity index (χ0) is 14.8. The summed E-state index contributed by atoms with van der Waals surface area (Å²) in [7, 11) is 0. The van der Waals surface area contributed by atoms with Crippen molar-refractivity contribution in [3.05, 3.63) is 53.1 Å². The van der Waals surface area contributed by atoms with Gasteiger partial charge in [0.2, 0.25) is 0 Å². The molecule has 0 bridgehead atoms. The minimum absolute atomic E-state index is 0.387. The molecule has 0 amide bonds. The summed E-state index contributed by atoms with van der Waals surface area (Å²) < 4.78 is 5.76. The number of aldehydes is 1. The molecule has 3 aromatic rings. The van der Waals surface area contributed by atoms with Gasteiger partial charge >= 0.3 is 0 Å². The number of carbonyl (C=O) groups is 1. The van der Waals surface area contributed by atoms with Crippen LogP contribution in [0, 0.1) is 13.8 Å². The molecule has 1 aromatic heterocycles. The van der Waals surface area contributed by atoms with Gasteiger partial charge in [-0.05, 0) is 42.7 Å². The molecule has 1 heterocycles. The number of benzene rings is 2. The number of nitrogens with one attached hydrogen (secondary N) is 1. The van der Waals surface area contributed by atoms with Crippen molar-refractivity contribution in [3.63, 3.8) is 0 Å². The van der Waals surface area contributed by atoms with E-state index in [4.69, 9.17) is 4.42 Å². The van der Waals surface area contributed by atoms with Crippen molar-refractivity contribution >= 4 is 29.1 Å². The first-order valence-corrected chi connectivity index (χ1v) is 6.84. The average molecular weight is 280 g/mol. The Morgan fingerprint density at radius 1 is 1.19 bits per heavy atom. The molecule has 21 heavy (non-hydrogen) atoms. The van der Waals surface area contributed by atoms with Gasteiger partial charge in [-0.15, -0.1) is 0 Å². The number of oxazole rings is 1. The summed E-state index contributed by atoms with van der Waals surface area (Å²) in [4.78, 5) is 15.1. The molecule has 0 aliphatic heterocycles. The maximum absolute atomic E-state index is 10.6. The molecule has 2 aromatic carbocycles. The van der Waals surface area contributed by atoms with Gasteiger partial charge in [0.1, 0.15) is 11.8 Å². The molecule has 1 N–H and O–H groups in total. The van der Waals surface area contributed by atoms with Gasteiger partial charge in [0.15, 0.2) is 5.58 Å². The second-order valence-corrected chi connectivity index (χ2v) is 5.09. The van der Waals surface area contributed by atoms with Crippen molar-refractivity contribution in [2.45, 2.75) is 20.3 Å². The third kappa shape index (κ3) is 2.65. The smallest absolute Gasteiger partial charge is 0.300 e. The number of anilines is 2. The molecular weight excluding hydrogens is 264 g/mol. The van der Waals surface area contributed by atoms with Crippen molar-refractivity contribution in [2.24, 2.45) is 0 Å². The summed E-state index contributed by atoms with van der Waals surface area (Å²) in [5.74, 6) is 0. The molecule has 3 rings (SSSR count). The van der Waals surface area contributed by atoms with Crippen molar-refractivity contribution in [1.29, 1.82) is 0 Å². The van der Waals surface area contributed by atoms with Gasteiger partial charge in [-0.25, -0.2) is 0 Å². The van der Waals surface area contributed by atoms with Crippen LogP contribution in [0.2, 0.25) is 0 Å². The van der Waals surface area contributed by atoms with E-state index in [2.05, 4.69) is 10.3 Å². The Kier molecular flexibility index (Phi) is 3.44. The minimum Gasteiger partial charge on any atom is -0.423 e. The monoisotopic (exact) mass is 280 g/mol. The van der Waals surface area contributed by atoms with E-state index in [1.54, 1.807) is 0 Å². The molecule has 0 aliphatic carbocycles. The van der Waals surface area contributed by atoms with Crippen LogP contribution in [0.25, 0.3) is 11.1 Å². The molecule has 0 aliphatic rings. The Bertz CT molecular complexity index is 806. The molecule has 106 valence electrons. The van der Waals surface area contributed by atoms with Crippen molar-refractivity contribution < 1.29 is 9.21 Å². The van der Waals surface area contributed by atoms with Crippen LogP contribution in [0.4, 0.5) is 11.7 Å². The summed E-state index contributed by atoms with van der Waals surface area (Å²) in [5.41, 5.74) is 5.55. The normalized spacial score (nSPS) is 10.8. The van der Waals surface area contributed by atoms with Crippen LogP contribution in [-0.4, -0.2) is 11.3 Å². The summed E-state index contributed by atoms with van der Waals surface area (Å²) >= 11 is 0. The van der Waals surface area contributed by atoms with Crippen LogP contribution in [0.15, 0.2) is 40.8 Å². The highest BCUT2D eigenvalue weighted by atomic mass is 16.4. The lowest BCUT2D eigenvalue weighted by Gasteiger charge is -2.04. The lowest BCUT2D eigenvalue weighted by Crippen LogP contribution is -1.92. The number of fused-ring (bicyclic) bond motifs is 1. The molecule has 4 heteroatoms. The van der Waals surface area contributed by atoms with Gasteiger partial charge in [0, 0.05) is 12.1 Å². The zero-order valence-electron chi connectivity index (χ0n) is 12.0. The molecule has 4 nitrogen and oxygen atoms in total. The van der Waals surface area contributed by atoms with Crippen molar-refractivity contribution in [2.75, 3.05) is 5.32 Å². The lowest BCUT2D eigenvalue weighted by molar-refractivity contribution is -0.107. The van der Waals surface area contributed by atoms with Crippen LogP contribution in [0.5, 0.6) is 0 Å². The number of nitrogens with zero attached hydrogens (tertiary/aromatic N) is 1. The predicted octanol–water partition coefficient (Wildman–Crippen LogP) is 3.93. The first kappa shape index (κ1) is 13.4. The number of hydrogen-bond donors (Lipinski definition) is 1. The van der Waals surface area contributed by atoms with E-state index in [0.29, 0.717) is 18.0 Å². The highest BCUT2D eigenvalue weighted by Crippen LogP contribution is 2.26. The van der Waals surface area contributed by atoms with E-state index >= 15 is 0 Å². The van der Waals surface area contributed by atoms with Crippen LogP contribution in [0.1, 0.15) is 16.7 Å².